The summed E-state index contributed by atoms with van der Waals surface area (Å²) in [5.41, 5.74) is 0.856. The molecule has 1 saturated carbocycles. The summed E-state index contributed by atoms with van der Waals surface area (Å²) in [6, 6.07) is 7.20. The summed E-state index contributed by atoms with van der Waals surface area (Å²) in [5, 5.41) is 12.5. The van der Waals surface area contributed by atoms with Crippen LogP contribution in [0.3, 0.4) is 0 Å². The van der Waals surface area contributed by atoms with Gasteiger partial charge in [-0.2, -0.15) is 0 Å². The van der Waals surface area contributed by atoms with Gasteiger partial charge in [0, 0.05) is 6.04 Å². The van der Waals surface area contributed by atoms with Gasteiger partial charge < -0.3 is 10.4 Å². The van der Waals surface area contributed by atoms with E-state index in [0.29, 0.717) is 24.3 Å². The third kappa shape index (κ3) is 4.27. The highest BCUT2D eigenvalue weighted by molar-refractivity contribution is 5.79. The van der Waals surface area contributed by atoms with Crippen molar-refractivity contribution in [3.8, 4) is 5.75 Å². The Morgan fingerprint density at radius 3 is 2.58 bits per heavy atom. The monoisotopic (exact) mass is 261 g/mol. The van der Waals surface area contributed by atoms with E-state index in [1.165, 1.54) is 6.42 Å². The second-order valence-corrected chi connectivity index (χ2v) is 6.03. The van der Waals surface area contributed by atoms with Gasteiger partial charge in [-0.1, -0.05) is 26.0 Å². The van der Waals surface area contributed by atoms with Gasteiger partial charge in [0.05, 0.1) is 6.42 Å². The molecule has 2 atom stereocenters. The average Bonchev–Trinajstić information content (AvgIpc) is 2.26. The number of carbonyl (C=O) groups excluding carboxylic acids is 1. The molecular formula is C16H23NO2. The predicted octanol–water partition coefficient (Wildman–Crippen LogP) is 2.88. The second-order valence-electron chi connectivity index (χ2n) is 6.03. The van der Waals surface area contributed by atoms with Crippen molar-refractivity contribution >= 4 is 5.91 Å². The van der Waals surface area contributed by atoms with Crippen molar-refractivity contribution in [2.24, 2.45) is 11.8 Å². The van der Waals surface area contributed by atoms with Crippen molar-refractivity contribution in [3.05, 3.63) is 29.8 Å². The maximum atomic E-state index is 12.0. The van der Waals surface area contributed by atoms with Crippen LogP contribution in [0.4, 0.5) is 0 Å². The Hall–Kier alpha value is -1.51. The molecule has 1 aliphatic rings. The van der Waals surface area contributed by atoms with Crippen LogP contribution in [-0.2, 0) is 11.2 Å². The Morgan fingerprint density at radius 2 is 1.95 bits per heavy atom. The summed E-state index contributed by atoms with van der Waals surface area (Å²) in [7, 11) is 0. The zero-order chi connectivity index (χ0) is 13.8. The minimum atomic E-state index is 0.0527. The molecule has 1 aromatic carbocycles. The molecule has 1 amide bonds. The molecular weight excluding hydrogens is 238 g/mol. The Bertz CT molecular complexity index is 434. The van der Waals surface area contributed by atoms with Gasteiger partial charge in [0.1, 0.15) is 5.75 Å². The number of phenols is 1. The number of nitrogens with one attached hydrogen (secondary N) is 1. The molecule has 2 N–H and O–H groups in total. The number of rotatable bonds is 3. The number of carbonyl (C=O) groups is 1. The molecule has 0 spiro atoms. The fourth-order valence-electron chi connectivity index (χ4n) is 3.20. The minimum absolute atomic E-state index is 0.0527. The summed E-state index contributed by atoms with van der Waals surface area (Å²) < 4.78 is 0. The first kappa shape index (κ1) is 13.9. The summed E-state index contributed by atoms with van der Waals surface area (Å²) in [6.45, 7) is 4.51. The third-order valence-electron chi connectivity index (χ3n) is 3.82. The van der Waals surface area contributed by atoms with E-state index in [0.717, 1.165) is 18.4 Å². The molecule has 2 unspecified atom stereocenters. The van der Waals surface area contributed by atoms with Crippen LogP contribution in [-0.4, -0.2) is 17.1 Å². The first-order chi connectivity index (χ1) is 9.02. The van der Waals surface area contributed by atoms with Crippen LogP contribution < -0.4 is 5.32 Å². The van der Waals surface area contributed by atoms with E-state index < -0.39 is 0 Å². The molecule has 1 aliphatic carbocycles. The molecule has 3 nitrogen and oxygen atoms in total. The van der Waals surface area contributed by atoms with Crippen molar-refractivity contribution in [2.45, 2.75) is 45.6 Å². The molecule has 3 heteroatoms. The lowest BCUT2D eigenvalue weighted by molar-refractivity contribution is -0.121. The van der Waals surface area contributed by atoms with E-state index in [1.807, 2.05) is 6.07 Å². The standard InChI is InChI=1S/C16H23NO2/c1-11-6-12(2)8-14(7-11)17-16(19)10-13-4-3-5-15(18)9-13/h3-5,9,11-12,14,18H,6-8,10H2,1-2H3,(H,17,19). The fraction of sp³-hybridized carbons (Fsp3) is 0.562. The van der Waals surface area contributed by atoms with Crippen LogP contribution in [0.5, 0.6) is 5.75 Å². The molecule has 104 valence electrons. The van der Waals surface area contributed by atoms with E-state index in [1.54, 1.807) is 18.2 Å². The summed E-state index contributed by atoms with van der Waals surface area (Å²) in [5.74, 6) is 1.65. The van der Waals surface area contributed by atoms with Crippen molar-refractivity contribution < 1.29 is 9.90 Å². The molecule has 0 bridgehead atoms. The van der Waals surface area contributed by atoms with Gasteiger partial charge in [-0.25, -0.2) is 0 Å². The molecule has 1 fully saturated rings. The molecule has 0 heterocycles. The van der Waals surface area contributed by atoms with Gasteiger partial charge in [-0.3, -0.25) is 4.79 Å². The summed E-state index contributed by atoms with van der Waals surface area (Å²) >= 11 is 0. The number of hydrogen-bond donors (Lipinski definition) is 2. The topological polar surface area (TPSA) is 49.3 Å². The van der Waals surface area contributed by atoms with Gasteiger partial charge in [0.25, 0.3) is 0 Å². The van der Waals surface area contributed by atoms with Crippen LogP contribution in [0.1, 0.15) is 38.7 Å². The first-order valence-electron chi connectivity index (χ1n) is 7.10. The molecule has 2 rings (SSSR count). The number of hydrogen-bond acceptors (Lipinski definition) is 2. The van der Waals surface area contributed by atoms with Gasteiger partial charge >= 0.3 is 0 Å². The molecule has 0 aliphatic heterocycles. The second kappa shape index (κ2) is 6.09. The first-order valence-corrected chi connectivity index (χ1v) is 7.10. The zero-order valence-corrected chi connectivity index (χ0v) is 11.7. The van der Waals surface area contributed by atoms with E-state index in [4.69, 9.17) is 0 Å². The maximum absolute atomic E-state index is 12.0. The largest absolute Gasteiger partial charge is 0.508 e. The average molecular weight is 261 g/mol. The highest BCUT2D eigenvalue weighted by atomic mass is 16.3. The van der Waals surface area contributed by atoms with Crippen molar-refractivity contribution in [3.63, 3.8) is 0 Å². The lowest BCUT2D eigenvalue weighted by atomic mass is 9.80. The predicted molar refractivity (Wildman–Crippen MR) is 75.9 cm³/mol. The van der Waals surface area contributed by atoms with E-state index in [2.05, 4.69) is 19.2 Å². The molecule has 0 radical (unpaired) electrons. The number of amides is 1. The van der Waals surface area contributed by atoms with Crippen LogP contribution in [0.2, 0.25) is 0 Å². The summed E-state index contributed by atoms with van der Waals surface area (Å²) in [4.78, 5) is 12.0. The van der Waals surface area contributed by atoms with Gasteiger partial charge in [-0.05, 0) is 48.8 Å². The van der Waals surface area contributed by atoms with Crippen molar-refractivity contribution in [2.75, 3.05) is 0 Å². The quantitative estimate of drug-likeness (QED) is 0.879. The highest BCUT2D eigenvalue weighted by Crippen LogP contribution is 2.28. The Morgan fingerprint density at radius 1 is 1.26 bits per heavy atom. The summed E-state index contributed by atoms with van der Waals surface area (Å²) in [6.07, 6.45) is 3.76. The molecule has 1 aromatic rings. The maximum Gasteiger partial charge on any atom is 0.224 e. The van der Waals surface area contributed by atoms with E-state index >= 15 is 0 Å². The smallest absolute Gasteiger partial charge is 0.224 e. The fourth-order valence-corrected chi connectivity index (χ4v) is 3.20. The zero-order valence-electron chi connectivity index (χ0n) is 11.7. The van der Waals surface area contributed by atoms with Crippen LogP contribution >= 0.6 is 0 Å². The minimum Gasteiger partial charge on any atom is -0.508 e. The molecule has 0 saturated heterocycles. The highest BCUT2D eigenvalue weighted by Gasteiger charge is 2.24. The molecule has 0 aromatic heterocycles. The number of benzene rings is 1. The number of aromatic hydroxyl groups is 1. The molecule has 19 heavy (non-hydrogen) atoms. The lowest BCUT2D eigenvalue weighted by Gasteiger charge is -2.32. The van der Waals surface area contributed by atoms with Crippen LogP contribution in [0.15, 0.2) is 24.3 Å². The lowest BCUT2D eigenvalue weighted by Crippen LogP contribution is -2.40. The van der Waals surface area contributed by atoms with Gasteiger partial charge in [0.15, 0.2) is 0 Å². The van der Waals surface area contributed by atoms with Gasteiger partial charge in [0.2, 0.25) is 5.91 Å². The Balaban J connectivity index is 1.87. The number of phenolic OH excluding ortho intramolecular Hbond substituents is 1. The van der Waals surface area contributed by atoms with E-state index in [-0.39, 0.29) is 11.7 Å². The van der Waals surface area contributed by atoms with Gasteiger partial charge in [-0.15, -0.1) is 0 Å². The van der Waals surface area contributed by atoms with Crippen LogP contribution in [0, 0.1) is 11.8 Å². The van der Waals surface area contributed by atoms with Crippen molar-refractivity contribution in [1.82, 2.24) is 5.32 Å². The normalized spacial score (nSPS) is 26.9. The Kier molecular flexibility index (Phi) is 4.46. The SMILES string of the molecule is CC1CC(C)CC(NC(=O)Cc2cccc(O)c2)C1. The third-order valence-corrected chi connectivity index (χ3v) is 3.82. The van der Waals surface area contributed by atoms with E-state index in [9.17, 15) is 9.90 Å². The van der Waals surface area contributed by atoms with Crippen molar-refractivity contribution in [1.29, 1.82) is 0 Å². The van der Waals surface area contributed by atoms with Crippen LogP contribution in [0.25, 0.3) is 0 Å². The Labute approximate surface area is 115 Å².